The average molecular weight is 298 g/mol. The maximum absolute atomic E-state index is 13.2. The van der Waals surface area contributed by atoms with Crippen molar-refractivity contribution >= 4 is 0 Å². The van der Waals surface area contributed by atoms with Gasteiger partial charge in [0.25, 0.3) is 0 Å². The summed E-state index contributed by atoms with van der Waals surface area (Å²) in [6.07, 6.45) is 3.90. The molecule has 0 aliphatic carbocycles. The third kappa shape index (κ3) is 4.93. The van der Waals surface area contributed by atoms with Crippen molar-refractivity contribution < 1.29 is 13.9 Å². The molecule has 21 heavy (non-hydrogen) atoms. The molecule has 0 bridgehead atoms. The number of benzene rings is 1. The molecule has 3 nitrogen and oxygen atoms in total. The van der Waals surface area contributed by atoms with Gasteiger partial charge in [-0.05, 0) is 56.1 Å². The van der Waals surface area contributed by atoms with E-state index in [1.54, 1.807) is 0 Å². The Morgan fingerprint density at radius 1 is 1.19 bits per heavy atom. The first-order valence-corrected chi connectivity index (χ1v) is 7.66. The molecule has 2 rings (SSSR count). The van der Waals surface area contributed by atoms with Crippen molar-refractivity contribution in [1.29, 1.82) is 0 Å². The molecule has 0 amide bonds. The van der Waals surface area contributed by atoms with Crippen LogP contribution in [-0.2, 0) is 6.54 Å². The SMILES string of the molecule is CC(CNCc1cc(F)c(O)c(F)c1)CN1CCCCC1. The van der Waals surface area contributed by atoms with Crippen LogP contribution in [0.15, 0.2) is 12.1 Å². The summed E-state index contributed by atoms with van der Waals surface area (Å²) in [6.45, 7) is 6.81. The molecule has 1 unspecified atom stereocenters. The summed E-state index contributed by atoms with van der Waals surface area (Å²) in [6, 6.07) is 2.33. The maximum Gasteiger partial charge on any atom is 0.187 e. The number of piperidine rings is 1. The second kappa shape index (κ2) is 7.71. The van der Waals surface area contributed by atoms with E-state index >= 15 is 0 Å². The second-order valence-corrected chi connectivity index (χ2v) is 6.01. The van der Waals surface area contributed by atoms with Crippen LogP contribution in [0.3, 0.4) is 0 Å². The Bertz CT molecular complexity index is 439. The van der Waals surface area contributed by atoms with Gasteiger partial charge in [0.2, 0.25) is 0 Å². The summed E-state index contributed by atoms with van der Waals surface area (Å²) in [5.41, 5.74) is 0.507. The number of hydrogen-bond acceptors (Lipinski definition) is 3. The molecule has 2 N–H and O–H groups in total. The van der Waals surface area contributed by atoms with E-state index in [2.05, 4.69) is 17.1 Å². The van der Waals surface area contributed by atoms with Crippen LogP contribution in [0.25, 0.3) is 0 Å². The third-order valence-electron chi connectivity index (χ3n) is 3.92. The lowest BCUT2D eigenvalue weighted by atomic mass is 10.1. The zero-order valence-electron chi connectivity index (χ0n) is 12.5. The molecule has 0 radical (unpaired) electrons. The van der Waals surface area contributed by atoms with E-state index in [1.165, 1.54) is 44.5 Å². The molecular weight excluding hydrogens is 274 g/mol. The first-order valence-electron chi connectivity index (χ1n) is 7.66. The van der Waals surface area contributed by atoms with Crippen LogP contribution in [0, 0.1) is 17.6 Å². The monoisotopic (exact) mass is 298 g/mol. The van der Waals surface area contributed by atoms with Gasteiger partial charge in [-0.1, -0.05) is 13.3 Å². The highest BCUT2D eigenvalue weighted by Crippen LogP contribution is 2.21. The number of aromatic hydroxyl groups is 1. The summed E-state index contributed by atoms with van der Waals surface area (Å²) in [7, 11) is 0. The Morgan fingerprint density at radius 3 is 2.43 bits per heavy atom. The highest BCUT2D eigenvalue weighted by molar-refractivity contribution is 5.29. The highest BCUT2D eigenvalue weighted by atomic mass is 19.1. The molecule has 1 aliphatic heterocycles. The van der Waals surface area contributed by atoms with Gasteiger partial charge in [-0.3, -0.25) is 0 Å². The smallest absolute Gasteiger partial charge is 0.187 e. The number of likely N-dealkylation sites (tertiary alicyclic amines) is 1. The topological polar surface area (TPSA) is 35.5 Å². The van der Waals surface area contributed by atoms with Crippen LogP contribution >= 0.6 is 0 Å². The van der Waals surface area contributed by atoms with Crippen LogP contribution < -0.4 is 5.32 Å². The van der Waals surface area contributed by atoms with E-state index < -0.39 is 17.4 Å². The molecular formula is C16H24F2N2O. The number of halogens is 2. The fourth-order valence-electron chi connectivity index (χ4n) is 2.83. The molecule has 1 fully saturated rings. The van der Waals surface area contributed by atoms with Gasteiger partial charge in [-0.25, -0.2) is 8.78 Å². The molecule has 1 aromatic carbocycles. The Kier molecular flexibility index (Phi) is 5.94. The lowest BCUT2D eigenvalue weighted by Gasteiger charge is -2.29. The molecule has 1 heterocycles. The van der Waals surface area contributed by atoms with Gasteiger partial charge in [0.15, 0.2) is 17.4 Å². The fraction of sp³-hybridized carbons (Fsp3) is 0.625. The second-order valence-electron chi connectivity index (χ2n) is 6.01. The van der Waals surface area contributed by atoms with Gasteiger partial charge in [0.1, 0.15) is 0 Å². The van der Waals surface area contributed by atoms with E-state index in [0.29, 0.717) is 18.0 Å². The summed E-state index contributed by atoms with van der Waals surface area (Å²) >= 11 is 0. The Morgan fingerprint density at radius 2 is 1.81 bits per heavy atom. The van der Waals surface area contributed by atoms with Crippen molar-refractivity contribution in [3.8, 4) is 5.75 Å². The maximum atomic E-state index is 13.2. The van der Waals surface area contributed by atoms with Crippen molar-refractivity contribution in [2.75, 3.05) is 26.2 Å². The summed E-state index contributed by atoms with van der Waals surface area (Å²) < 4.78 is 26.4. The summed E-state index contributed by atoms with van der Waals surface area (Å²) in [4.78, 5) is 2.48. The zero-order chi connectivity index (χ0) is 15.2. The van der Waals surface area contributed by atoms with Crippen LogP contribution in [0.4, 0.5) is 8.78 Å². The van der Waals surface area contributed by atoms with Crippen molar-refractivity contribution in [1.82, 2.24) is 10.2 Å². The molecule has 5 heteroatoms. The minimum absolute atomic E-state index is 0.401. The normalized spacial score (nSPS) is 17.9. The van der Waals surface area contributed by atoms with Gasteiger partial charge < -0.3 is 15.3 Å². The average Bonchev–Trinajstić information content (AvgIpc) is 2.45. The molecule has 1 aromatic rings. The van der Waals surface area contributed by atoms with Crippen LogP contribution in [0.2, 0.25) is 0 Å². The molecule has 1 atom stereocenters. The minimum Gasteiger partial charge on any atom is -0.503 e. The third-order valence-corrected chi connectivity index (χ3v) is 3.92. The van der Waals surface area contributed by atoms with Crippen molar-refractivity contribution in [3.05, 3.63) is 29.3 Å². The van der Waals surface area contributed by atoms with Crippen LogP contribution in [0.5, 0.6) is 5.75 Å². The van der Waals surface area contributed by atoms with Gasteiger partial charge in [0, 0.05) is 13.1 Å². The van der Waals surface area contributed by atoms with Crippen molar-refractivity contribution in [2.24, 2.45) is 5.92 Å². The molecule has 1 aliphatic rings. The number of rotatable bonds is 6. The first-order chi connectivity index (χ1) is 10.1. The highest BCUT2D eigenvalue weighted by Gasteiger charge is 2.13. The van der Waals surface area contributed by atoms with E-state index in [4.69, 9.17) is 5.11 Å². The lowest BCUT2D eigenvalue weighted by molar-refractivity contribution is 0.199. The van der Waals surface area contributed by atoms with E-state index in [0.717, 1.165) is 13.1 Å². The standard InChI is InChI=1S/C16H24F2N2O/c1-12(11-20-5-3-2-4-6-20)9-19-10-13-7-14(17)16(21)15(18)8-13/h7-8,12,19,21H,2-6,9-11H2,1H3. The predicted octanol–water partition coefficient (Wildman–Crippen LogP) is 2.88. The minimum atomic E-state index is -0.909. The number of nitrogens with zero attached hydrogens (tertiary/aromatic N) is 1. The van der Waals surface area contributed by atoms with Crippen molar-refractivity contribution in [2.45, 2.75) is 32.7 Å². The number of nitrogens with one attached hydrogen (secondary N) is 1. The summed E-state index contributed by atoms with van der Waals surface area (Å²) in [5.74, 6) is -2.23. The van der Waals surface area contributed by atoms with Gasteiger partial charge >= 0.3 is 0 Å². The number of hydrogen-bond donors (Lipinski definition) is 2. The Balaban J connectivity index is 1.73. The largest absolute Gasteiger partial charge is 0.503 e. The lowest BCUT2D eigenvalue weighted by Crippen LogP contribution is -2.36. The Hall–Kier alpha value is -1.20. The van der Waals surface area contributed by atoms with Gasteiger partial charge in [-0.15, -0.1) is 0 Å². The molecule has 0 spiro atoms. The van der Waals surface area contributed by atoms with E-state index in [1.807, 2.05) is 0 Å². The fourth-order valence-corrected chi connectivity index (χ4v) is 2.83. The quantitative estimate of drug-likeness (QED) is 0.847. The number of phenolic OH excluding ortho intramolecular Hbond substituents is 1. The first kappa shape index (κ1) is 16.2. The Labute approximate surface area is 125 Å². The molecule has 1 saturated heterocycles. The molecule has 118 valence electrons. The van der Waals surface area contributed by atoms with E-state index in [-0.39, 0.29) is 0 Å². The van der Waals surface area contributed by atoms with Gasteiger partial charge in [0.05, 0.1) is 0 Å². The van der Waals surface area contributed by atoms with Crippen molar-refractivity contribution in [3.63, 3.8) is 0 Å². The summed E-state index contributed by atoms with van der Waals surface area (Å²) in [5, 5.41) is 12.3. The van der Waals surface area contributed by atoms with Crippen LogP contribution in [0.1, 0.15) is 31.7 Å². The molecule has 0 aromatic heterocycles. The van der Waals surface area contributed by atoms with Gasteiger partial charge in [-0.2, -0.15) is 0 Å². The van der Waals surface area contributed by atoms with Crippen LogP contribution in [-0.4, -0.2) is 36.2 Å². The zero-order valence-corrected chi connectivity index (χ0v) is 12.5. The predicted molar refractivity (Wildman–Crippen MR) is 79.2 cm³/mol. The molecule has 0 saturated carbocycles. The number of phenols is 1. The van der Waals surface area contributed by atoms with E-state index in [9.17, 15) is 8.78 Å².